The average molecular weight is 251 g/mol. The first-order chi connectivity index (χ1) is 8.76. The van der Waals surface area contributed by atoms with Crippen LogP contribution in [0.15, 0.2) is 24.3 Å². The van der Waals surface area contributed by atoms with Crippen molar-refractivity contribution in [2.24, 2.45) is 5.92 Å². The zero-order chi connectivity index (χ0) is 13.2. The Morgan fingerprint density at radius 1 is 1.39 bits per heavy atom. The lowest BCUT2D eigenvalue weighted by atomic mass is 10.1. The molecule has 0 aliphatic carbocycles. The number of rotatable bonds is 9. The Labute approximate surface area is 110 Å². The van der Waals surface area contributed by atoms with Crippen LogP contribution in [0.1, 0.15) is 32.3 Å². The quantitative estimate of drug-likeness (QED) is 0.663. The Balaban J connectivity index is 2.20. The standard InChI is InChI=1S/C15H25NO2/c1-3-18-15-8-4-7-14(10-15)11-16-9-5-6-13(2)12-17/h4,7-8,10,13,16-17H,3,5-6,9,11-12H2,1-2H3. The van der Waals surface area contributed by atoms with Crippen molar-refractivity contribution in [2.75, 3.05) is 19.8 Å². The third kappa shape index (κ3) is 6.03. The summed E-state index contributed by atoms with van der Waals surface area (Å²) in [5.41, 5.74) is 1.25. The minimum atomic E-state index is 0.288. The number of benzene rings is 1. The third-order valence-electron chi connectivity index (χ3n) is 2.90. The van der Waals surface area contributed by atoms with E-state index in [4.69, 9.17) is 9.84 Å². The first kappa shape index (κ1) is 15.0. The van der Waals surface area contributed by atoms with Gasteiger partial charge in [-0.05, 0) is 49.9 Å². The van der Waals surface area contributed by atoms with Crippen molar-refractivity contribution in [1.29, 1.82) is 0 Å². The molecule has 0 aromatic heterocycles. The van der Waals surface area contributed by atoms with Crippen molar-refractivity contribution in [3.63, 3.8) is 0 Å². The summed E-state index contributed by atoms with van der Waals surface area (Å²) in [4.78, 5) is 0. The van der Waals surface area contributed by atoms with Gasteiger partial charge in [-0.15, -0.1) is 0 Å². The second kappa shape index (κ2) is 8.95. The lowest BCUT2D eigenvalue weighted by molar-refractivity contribution is 0.228. The fraction of sp³-hybridized carbons (Fsp3) is 0.600. The van der Waals surface area contributed by atoms with Crippen LogP contribution >= 0.6 is 0 Å². The molecule has 0 heterocycles. The van der Waals surface area contributed by atoms with Crippen molar-refractivity contribution >= 4 is 0 Å². The Bertz CT molecular complexity index is 328. The molecule has 1 aromatic carbocycles. The van der Waals surface area contributed by atoms with Gasteiger partial charge in [0.15, 0.2) is 0 Å². The van der Waals surface area contributed by atoms with Gasteiger partial charge < -0.3 is 15.2 Å². The highest BCUT2D eigenvalue weighted by Gasteiger charge is 1.99. The predicted octanol–water partition coefficient (Wildman–Crippen LogP) is 2.58. The summed E-state index contributed by atoms with van der Waals surface area (Å²) in [6.07, 6.45) is 2.18. The molecule has 0 spiro atoms. The fourth-order valence-corrected chi connectivity index (χ4v) is 1.81. The van der Waals surface area contributed by atoms with E-state index in [-0.39, 0.29) is 6.61 Å². The predicted molar refractivity (Wildman–Crippen MR) is 74.8 cm³/mol. The maximum absolute atomic E-state index is 8.92. The number of ether oxygens (including phenoxy) is 1. The normalized spacial score (nSPS) is 12.4. The number of nitrogens with one attached hydrogen (secondary N) is 1. The summed E-state index contributed by atoms with van der Waals surface area (Å²) in [5.74, 6) is 1.35. The lowest BCUT2D eigenvalue weighted by Gasteiger charge is -2.09. The molecule has 0 saturated carbocycles. The molecule has 3 nitrogen and oxygen atoms in total. The second-order valence-corrected chi connectivity index (χ2v) is 4.69. The molecule has 0 fully saturated rings. The summed E-state index contributed by atoms with van der Waals surface area (Å²) >= 11 is 0. The van der Waals surface area contributed by atoms with E-state index < -0.39 is 0 Å². The molecule has 1 unspecified atom stereocenters. The average Bonchev–Trinajstić information content (AvgIpc) is 2.39. The highest BCUT2D eigenvalue weighted by Crippen LogP contribution is 2.13. The number of hydrogen-bond acceptors (Lipinski definition) is 3. The van der Waals surface area contributed by atoms with E-state index in [0.717, 1.165) is 31.7 Å². The zero-order valence-corrected chi connectivity index (χ0v) is 11.5. The van der Waals surface area contributed by atoms with E-state index in [1.807, 2.05) is 19.1 Å². The van der Waals surface area contributed by atoms with Crippen LogP contribution in [0, 0.1) is 5.92 Å². The molecule has 102 valence electrons. The van der Waals surface area contributed by atoms with E-state index >= 15 is 0 Å². The van der Waals surface area contributed by atoms with Crippen LogP contribution < -0.4 is 10.1 Å². The molecule has 0 saturated heterocycles. The van der Waals surface area contributed by atoms with Gasteiger partial charge in [0.25, 0.3) is 0 Å². The van der Waals surface area contributed by atoms with E-state index in [2.05, 4.69) is 24.4 Å². The van der Waals surface area contributed by atoms with E-state index in [0.29, 0.717) is 12.5 Å². The van der Waals surface area contributed by atoms with Crippen LogP contribution in [0.4, 0.5) is 0 Å². The highest BCUT2D eigenvalue weighted by molar-refractivity contribution is 5.28. The maximum Gasteiger partial charge on any atom is 0.119 e. The summed E-state index contributed by atoms with van der Waals surface area (Å²) in [6, 6.07) is 8.19. The molecule has 1 rings (SSSR count). The molecule has 0 aliphatic heterocycles. The minimum absolute atomic E-state index is 0.288. The van der Waals surface area contributed by atoms with Crippen molar-refractivity contribution < 1.29 is 9.84 Å². The van der Waals surface area contributed by atoms with Gasteiger partial charge in [0, 0.05) is 13.2 Å². The SMILES string of the molecule is CCOc1cccc(CNCCCC(C)CO)c1. The van der Waals surface area contributed by atoms with Crippen molar-refractivity contribution in [3.8, 4) is 5.75 Å². The summed E-state index contributed by atoms with van der Waals surface area (Å²) in [5, 5.41) is 12.3. The van der Waals surface area contributed by atoms with Crippen LogP contribution in [-0.2, 0) is 6.54 Å². The van der Waals surface area contributed by atoms with Crippen molar-refractivity contribution in [1.82, 2.24) is 5.32 Å². The van der Waals surface area contributed by atoms with E-state index in [1.54, 1.807) is 0 Å². The number of aliphatic hydroxyl groups excluding tert-OH is 1. The van der Waals surface area contributed by atoms with Gasteiger partial charge in [-0.1, -0.05) is 19.1 Å². The van der Waals surface area contributed by atoms with Crippen molar-refractivity contribution in [2.45, 2.75) is 33.2 Å². The van der Waals surface area contributed by atoms with Crippen molar-refractivity contribution in [3.05, 3.63) is 29.8 Å². The number of aliphatic hydroxyl groups is 1. The molecule has 0 amide bonds. The molecular weight excluding hydrogens is 226 g/mol. The first-order valence-electron chi connectivity index (χ1n) is 6.79. The molecule has 1 atom stereocenters. The van der Waals surface area contributed by atoms with Gasteiger partial charge in [0.1, 0.15) is 5.75 Å². The van der Waals surface area contributed by atoms with Gasteiger partial charge in [0.2, 0.25) is 0 Å². The topological polar surface area (TPSA) is 41.5 Å². The zero-order valence-electron chi connectivity index (χ0n) is 11.5. The smallest absolute Gasteiger partial charge is 0.119 e. The Hall–Kier alpha value is -1.06. The fourth-order valence-electron chi connectivity index (χ4n) is 1.81. The lowest BCUT2D eigenvalue weighted by Crippen LogP contribution is -2.16. The maximum atomic E-state index is 8.92. The molecule has 0 aliphatic rings. The largest absolute Gasteiger partial charge is 0.494 e. The van der Waals surface area contributed by atoms with Gasteiger partial charge in [-0.3, -0.25) is 0 Å². The molecule has 3 heteroatoms. The molecule has 18 heavy (non-hydrogen) atoms. The third-order valence-corrected chi connectivity index (χ3v) is 2.90. The Kier molecular flexibility index (Phi) is 7.46. The summed E-state index contributed by atoms with van der Waals surface area (Å²) in [6.45, 7) is 6.92. The van der Waals surface area contributed by atoms with E-state index in [1.165, 1.54) is 5.56 Å². The van der Waals surface area contributed by atoms with Crippen LogP contribution in [0.5, 0.6) is 5.75 Å². The van der Waals surface area contributed by atoms with Gasteiger partial charge >= 0.3 is 0 Å². The van der Waals surface area contributed by atoms with Gasteiger partial charge in [0.05, 0.1) is 6.61 Å². The van der Waals surface area contributed by atoms with Crippen LogP contribution in [0.3, 0.4) is 0 Å². The van der Waals surface area contributed by atoms with Crippen LogP contribution in [0.25, 0.3) is 0 Å². The van der Waals surface area contributed by atoms with Crippen LogP contribution in [0.2, 0.25) is 0 Å². The van der Waals surface area contributed by atoms with Gasteiger partial charge in [-0.2, -0.15) is 0 Å². The molecule has 2 N–H and O–H groups in total. The molecule has 1 aromatic rings. The minimum Gasteiger partial charge on any atom is -0.494 e. The molecular formula is C15H25NO2. The number of hydrogen-bond donors (Lipinski definition) is 2. The Morgan fingerprint density at radius 2 is 2.22 bits per heavy atom. The molecule has 0 radical (unpaired) electrons. The molecule has 0 bridgehead atoms. The summed E-state index contributed by atoms with van der Waals surface area (Å²) in [7, 11) is 0. The van der Waals surface area contributed by atoms with Gasteiger partial charge in [-0.25, -0.2) is 0 Å². The Morgan fingerprint density at radius 3 is 2.94 bits per heavy atom. The first-order valence-corrected chi connectivity index (χ1v) is 6.79. The van der Waals surface area contributed by atoms with E-state index in [9.17, 15) is 0 Å². The highest BCUT2D eigenvalue weighted by atomic mass is 16.5. The monoisotopic (exact) mass is 251 g/mol. The second-order valence-electron chi connectivity index (χ2n) is 4.69. The van der Waals surface area contributed by atoms with Crippen LogP contribution in [-0.4, -0.2) is 24.9 Å². The summed E-state index contributed by atoms with van der Waals surface area (Å²) < 4.78 is 5.46.